The second-order valence-corrected chi connectivity index (χ2v) is 6.48. The minimum Gasteiger partial charge on any atom is -0.444 e. The monoisotopic (exact) mass is 424 g/mol. The summed E-state index contributed by atoms with van der Waals surface area (Å²) in [6.45, 7) is 0. The van der Waals surface area contributed by atoms with E-state index in [0.717, 1.165) is 11.0 Å². The molecule has 3 N–H and O–H groups in total. The molecule has 0 spiro atoms. The van der Waals surface area contributed by atoms with Crippen LogP contribution in [-0.4, -0.2) is 21.8 Å². The normalized spacial score (nSPS) is 10.7. The Morgan fingerprint density at radius 3 is 2.59 bits per heavy atom. The number of nitrogens with zero attached hydrogens (tertiary/aromatic N) is 1. The first-order valence-corrected chi connectivity index (χ1v) is 8.81. The highest BCUT2D eigenvalue weighted by molar-refractivity contribution is 9.10. The van der Waals surface area contributed by atoms with Crippen molar-refractivity contribution >= 4 is 50.4 Å². The molecule has 2 aromatic heterocycles. The molecule has 8 heteroatoms. The second-order valence-electron chi connectivity index (χ2n) is 5.70. The van der Waals surface area contributed by atoms with Crippen molar-refractivity contribution in [1.82, 2.24) is 9.97 Å². The molecule has 0 aliphatic heterocycles. The van der Waals surface area contributed by atoms with Crippen LogP contribution >= 0.6 is 15.9 Å². The highest BCUT2D eigenvalue weighted by atomic mass is 79.9. The molecule has 2 heterocycles. The first kappa shape index (κ1) is 17.0. The van der Waals surface area contributed by atoms with Gasteiger partial charge in [0, 0.05) is 11.3 Å². The van der Waals surface area contributed by atoms with Crippen LogP contribution in [0.2, 0.25) is 0 Å². The fourth-order valence-electron chi connectivity index (χ4n) is 2.56. The van der Waals surface area contributed by atoms with Gasteiger partial charge in [0.05, 0.1) is 11.0 Å². The van der Waals surface area contributed by atoms with Crippen LogP contribution in [0.4, 0.5) is 11.6 Å². The smallest absolute Gasteiger partial charge is 0.291 e. The Labute approximate surface area is 161 Å². The summed E-state index contributed by atoms with van der Waals surface area (Å²) in [4.78, 5) is 32.0. The van der Waals surface area contributed by atoms with E-state index in [9.17, 15) is 9.59 Å². The van der Waals surface area contributed by atoms with Gasteiger partial charge in [-0.25, -0.2) is 4.98 Å². The number of furan rings is 1. The summed E-state index contributed by atoms with van der Waals surface area (Å²) in [5.41, 5.74) is 2.45. The number of amides is 2. The Bertz CT molecular complexity index is 1120. The lowest BCUT2D eigenvalue weighted by molar-refractivity contribution is 0.0992. The van der Waals surface area contributed by atoms with Crippen LogP contribution < -0.4 is 10.6 Å². The van der Waals surface area contributed by atoms with Gasteiger partial charge >= 0.3 is 0 Å². The zero-order valence-corrected chi connectivity index (χ0v) is 15.4. The van der Waals surface area contributed by atoms with Crippen molar-refractivity contribution in [2.24, 2.45) is 0 Å². The number of nitrogens with one attached hydrogen (secondary N) is 3. The number of hydrogen-bond donors (Lipinski definition) is 3. The van der Waals surface area contributed by atoms with Crippen molar-refractivity contribution in [2.75, 3.05) is 10.6 Å². The SMILES string of the molecule is O=C(Nc1nc2ccccc2[nH]1)c1cccc(NC(=O)c2ccc(Br)o2)c1. The third-order valence-corrected chi connectivity index (χ3v) is 4.23. The third kappa shape index (κ3) is 3.75. The van der Waals surface area contributed by atoms with Gasteiger partial charge in [-0.1, -0.05) is 18.2 Å². The molecule has 0 saturated heterocycles. The summed E-state index contributed by atoms with van der Waals surface area (Å²) in [7, 11) is 0. The van der Waals surface area contributed by atoms with Crippen molar-refractivity contribution in [3.05, 3.63) is 76.7 Å². The maximum absolute atomic E-state index is 12.5. The van der Waals surface area contributed by atoms with E-state index in [-0.39, 0.29) is 11.7 Å². The molecule has 0 atom stereocenters. The van der Waals surface area contributed by atoms with E-state index in [1.54, 1.807) is 36.4 Å². The maximum Gasteiger partial charge on any atom is 0.291 e. The van der Waals surface area contributed by atoms with E-state index < -0.39 is 5.91 Å². The molecule has 2 amide bonds. The number of aromatic amines is 1. The number of carbonyl (C=O) groups is 2. The van der Waals surface area contributed by atoms with Crippen LogP contribution in [0.3, 0.4) is 0 Å². The predicted octanol–water partition coefficient (Wildman–Crippen LogP) is 4.42. The number of rotatable bonds is 4. The number of carbonyl (C=O) groups excluding carboxylic acids is 2. The quantitative estimate of drug-likeness (QED) is 0.451. The standard InChI is InChI=1S/C19H13BrN4O3/c20-16-9-8-15(27-16)18(26)21-12-5-3-4-11(10-12)17(25)24-19-22-13-6-1-2-7-14(13)23-19/h1-10H,(H,21,26)(H2,22,23,24,25). The number of para-hydroxylation sites is 2. The summed E-state index contributed by atoms with van der Waals surface area (Å²) >= 11 is 3.15. The van der Waals surface area contributed by atoms with Gasteiger partial charge < -0.3 is 14.7 Å². The van der Waals surface area contributed by atoms with E-state index in [2.05, 4.69) is 36.5 Å². The Morgan fingerprint density at radius 1 is 0.963 bits per heavy atom. The largest absolute Gasteiger partial charge is 0.444 e. The van der Waals surface area contributed by atoms with E-state index in [1.165, 1.54) is 0 Å². The highest BCUT2D eigenvalue weighted by Gasteiger charge is 2.13. The molecule has 4 rings (SSSR count). The summed E-state index contributed by atoms with van der Waals surface area (Å²) in [6, 6.07) is 17.3. The Kier molecular flexibility index (Phi) is 4.47. The number of halogens is 1. The lowest BCUT2D eigenvalue weighted by atomic mass is 10.2. The van der Waals surface area contributed by atoms with Crippen LogP contribution in [0.25, 0.3) is 11.0 Å². The average molecular weight is 425 g/mol. The first-order chi connectivity index (χ1) is 13.1. The fraction of sp³-hybridized carbons (Fsp3) is 0. The molecule has 7 nitrogen and oxygen atoms in total. The molecule has 0 radical (unpaired) electrons. The topological polar surface area (TPSA) is 100 Å². The number of imidazole rings is 1. The average Bonchev–Trinajstić information content (AvgIpc) is 3.27. The van der Waals surface area contributed by atoms with E-state index in [1.807, 2.05) is 24.3 Å². The summed E-state index contributed by atoms with van der Waals surface area (Å²) in [6.07, 6.45) is 0. The maximum atomic E-state index is 12.5. The molecule has 0 fully saturated rings. The lowest BCUT2D eigenvalue weighted by Gasteiger charge is -2.06. The Balaban J connectivity index is 1.49. The van der Waals surface area contributed by atoms with Crippen molar-refractivity contribution in [3.8, 4) is 0 Å². The van der Waals surface area contributed by atoms with Gasteiger partial charge in [0.25, 0.3) is 11.8 Å². The first-order valence-electron chi connectivity index (χ1n) is 8.01. The van der Waals surface area contributed by atoms with Crippen molar-refractivity contribution in [3.63, 3.8) is 0 Å². The molecular formula is C19H13BrN4O3. The third-order valence-electron chi connectivity index (χ3n) is 3.80. The Hall–Kier alpha value is -3.39. The van der Waals surface area contributed by atoms with E-state index >= 15 is 0 Å². The number of anilines is 2. The van der Waals surface area contributed by atoms with Crippen LogP contribution in [-0.2, 0) is 0 Å². The van der Waals surface area contributed by atoms with Gasteiger partial charge in [0.1, 0.15) is 0 Å². The Morgan fingerprint density at radius 2 is 1.81 bits per heavy atom. The van der Waals surface area contributed by atoms with Gasteiger partial charge in [-0.3, -0.25) is 14.9 Å². The van der Waals surface area contributed by atoms with Gasteiger partial charge in [0.15, 0.2) is 10.4 Å². The van der Waals surface area contributed by atoms with Gasteiger partial charge in [-0.15, -0.1) is 0 Å². The second kappa shape index (κ2) is 7.08. The van der Waals surface area contributed by atoms with Crippen LogP contribution in [0, 0.1) is 0 Å². The number of hydrogen-bond acceptors (Lipinski definition) is 4. The lowest BCUT2D eigenvalue weighted by Crippen LogP contribution is -2.15. The molecule has 0 aliphatic carbocycles. The molecule has 0 unspecified atom stereocenters. The fourth-order valence-corrected chi connectivity index (χ4v) is 2.87. The number of H-pyrrole nitrogens is 1. The molecule has 2 aromatic carbocycles. The van der Waals surface area contributed by atoms with Crippen LogP contribution in [0.5, 0.6) is 0 Å². The molecule has 0 bridgehead atoms. The molecule has 0 saturated carbocycles. The summed E-state index contributed by atoms with van der Waals surface area (Å²) in [5.74, 6) is -0.225. The van der Waals surface area contributed by atoms with Gasteiger partial charge in [0.2, 0.25) is 5.95 Å². The molecular weight excluding hydrogens is 412 g/mol. The zero-order chi connectivity index (χ0) is 18.8. The van der Waals surface area contributed by atoms with Gasteiger partial charge in [-0.2, -0.15) is 0 Å². The predicted molar refractivity (Wildman–Crippen MR) is 105 cm³/mol. The van der Waals surface area contributed by atoms with Crippen LogP contribution in [0.1, 0.15) is 20.9 Å². The number of benzene rings is 2. The van der Waals surface area contributed by atoms with Crippen LogP contribution in [0.15, 0.2) is 69.8 Å². The molecule has 27 heavy (non-hydrogen) atoms. The minimum atomic E-state index is -0.407. The number of aromatic nitrogens is 2. The highest BCUT2D eigenvalue weighted by Crippen LogP contribution is 2.18. The van der Waals surface area contributed by atoms with Gasteiger partial charge in [-0.05, 0) is 58.4 Å². The van der Waals surface area contributed by atoms with Crippen molar-refractivity contribution < 1.29 is 14.0 Å². The molecule has 4 aromatic rings. The molecule has 0 aliphatic rings. The summed E-state index contributed by atoms with van der Waals surface area (Å²) < 4.78 is 5.68. The number of fused-ring (bicyclic) bond motifs is 1. The molecule has 134 valence electrons. The summed E-state index contributed by atoms with van der Waals surface area (Å²) in [5, 5.41) is 5.42. The van der Waals surface area contributed by atoms with Crippen molar-refractivity contribution in [1.29, 1.82) is 0 Å². The minimum absolute atomic E-state index is 0.166. The van der Waals surface area contributed by atoms with E-state index in [0.29, 0.717) is 21.9 Å². The van der Waals surface area contributed by atoms with E-state index in [4.69, 9.17) is 4.42 Å². The zero-order valence-electron chi connectivity index (χ0n) is 13.8. The van der Waals surface area contributed by atoms with Crippen molar-refractivity contribution in [2.45, 2.75) is 0 Å².